The predicted molar refractivity (Wildman–Crippen MR) is 81.5 cm³/mol. The highest BCUT2D eigenvalue weighted by molar-refractivity contribution is 5.87. The van der Waals surface area contributed by atoms with Crippen LogP contribution in [0.3, 0.4) is 0 Å². The van der Waals surface area contributed by atoms with E-state index in [-0.39, 0.29) is 6.04 Å². The maximum atomic E-state index is 5.70. The first-order chi connectivity index (χ1) is 10.3. The van der Waals surface area contributed by atoms with Crippen molar-refractivity contribution in [3.05, 3.63) is 47.9 Å². The fraction of sp³-hybridized carbons (Fsp3) is 0.250. The number of aromatic nitrogens is 3. The lowest BCUT2D eigenvalue weighted by Crippen LogP contribution is -2.20. The molecule has 0 saturated carbocycles. The SMILES string of the molecule is Cc1cc2c(NC3CCOc4ccccc43)ncnc2[nH]1. The summed E-state index contributed by atoms with van der Waals surface area (Å²) >= 11 is 0. The van der Waals surface area contributed by atoms with Gasteiger partial charge >= 0.3 is 0 Å². The van der Waals surface area contributed by atoms with E-state index in [9.17, 15) is 0 Å². The van der Waals surface area contributed by atoms with E-state index in [0.717, 1.165) is 41.3 Å². The Balaban J connectivity index is 1.73. The summed E-state index contributed by atoms with van der Waals surface area (Å²) in [5, 5.41) is 4.57. The number of aryl methyl sites for hydroxylation is 1. The van der Waals surface area contributed by atoms with E-state index in [4.69, 9.17) is 4.74 Å². The lowest BCUT2D eigenvalue weighted by Gasteiger charge is -2.27. The van der Waals surface area contributed by atoms with Crippen molar-refractivity contribution in [1.82, 2.24) is 15.0 Å². The third kappa shape index (κ3) is 2.11. The summed E-state index contributed by atoms with van der Waals surface area (Å²) < 4.78 is 5.70. The number of nitrogens with one attached hydrogen (secondary N) is 2. The van der Waals surface area contributed by atoms with Crippen LogP contribution in [0.4, 0.5) is 5.82 Å². The number of hydrogen-bond donors (Lipinski definition) is 2. The molecule has 3 aromatic rings. The van der Waals surface area contributed by atoms with Crippen molar-refractivity contribution in [1.29, 1.82) is 0 Å². The standard InChI is InChI=1S/C16H16N4O/c1-10-8-12-15(19-10)17-9-18-16(12)20-13-6-7-21-14-5-3-2-4-11(13)14/h2-5,8-9,13H,6-7H2,1H3,(H2,17,18,19,20). The molecular formula is C16H16N4O. The van der Waals surface area contributed by atoms with Gasteiger partial charge in [-0.2, -0.15) is 0 Å². The molecule has 1 aliphatic heterocycles. The molecule has 0 radical (unpaired) electrons. The topological polar surface area (TPSA) is 62.8 Å². The van der Waals surface area contributed by atoms with Crippen LogP contribution in [-0.2, 0) is 0 Å². The van der Waals surface area contributed by atoms with E-state index in [1.807, 2.05) is 25.1 Å². The molecule has 0 fully saturated rings. The highest BCUT2D eigenvalue weighted by Crippen LogP contribution is 2.34. The van der Waals surface area contributed by atoms with Crippen molar-refractivity contribution >= 4 is 16.9 Å². The number of H-pyrrole nitrogens is 1. The van der Waals surface area contributed by atoms with E-state index in [1.54, 1.807) is 6.33 Å². The predicted octanol–water partition coefficient (Wildman–Crippen LogP) is 3.20. The van der Waals surface area contributed by atoms with Crippen LogP contribution in [0.15, 0.2) is 36.7 Å². The Morgan fingerprint density at radius 1 is 1.29 bits per heavy atom. The molecule has 0 saturated heterocycles. The summed E-state index contributed by atoms with van der Waals surface area (Å²) in [5.74, 6) is 1.82. The summed E-state index contributed by atoms with van der Waals surface area (Å²) in [7, 11) is 0. The Kier molecular flexibility index (Phi) is 2.77. The maximum absolute atomic E-state index is 5.70. The molecule has 2 aromatic heterocycles. The summed E-state index contributed by atoms with van der Waals surface area (Å²) in [5.41, 5.74) is 3.13. The maximum Gasteiger partial charge on any atom is 0.143 e. The summed E-state index contributed by atoms with van der Waals surface area (Å²) in [4.78, 5) is 11.9. The zero-order valence-electron chi connectivity index (χ0n) is 11.8. The fourth-order valence-corrected chi connectivity index (χ4v) is 2.84. The number of fused-ring (bicyclic) bond motifs is 2. The van der Waals surface area contributed by atoms with Crippen LogP contribution in [0.2, 0.25) is 0 Å². The summed E-state index contributed by atoms with van der Waals surface area (Å²) in [6, 6.07) is 10.4. The van der Waals surface area contributed by atoms with Gasteiger partial charge in [0.25, 0.3) is 0 Å². The van der Waals surface area contributed by atoms with E-state index < -0.39 is 0 Å². The monoisotopic (exact) mass is 280 g/mol. The minimum atomic E-state index is 0.211. The number of para-hydroxylation sites is 1. The smallest absolute Gasteiger partial charge is 0.143 e. The lowest BCUT2D eigenvalue weighted by atomic mass is 10.0. The Morgan fingerprint density at radius 3 is 3.14 bits per heavy atom. The van der Waals surface area contributed by atoms with Gasteiger partial charge in [0.2, 0.25) is 0 Å². The van der Waals surface area contributed by atoms with Crippen LogP contribution in [0, 0.1) is 6.92 Å². The van der Waals surface area contributed by atoms with Crippen LogP contribution in [-0.4, -0.2) is 21.6 Å². The van der Waals surface area contributed by atoms with Crippen molar-refractivity contribution in [2.75, 3.05) is 11.9 Å². The molecule has 2 N–H and O–H groups in total. The minimum absolute atomic E-state index is 0.211. The molecular weight excluding hydrogens is 264 g/mol. The molecule has 1 unspecified atom stereocenters. The molecule has 0 spiro atoms. The van der Waals surface area contributed by atoms with Gasteiger partial charge in [-0.05, 0) is 19.1 Å². The molecule has 0 aliphatic carbocycles. The molecule has 106 valence electrons. The molecule has 1 atom stereocenters. The zero-order valence-corrected chi connectivity index (χ0v) is 11.8. The van der Waals surface area contributed by atoms with Crippen LogP contribution in [0.5, 0.6) is 5.75 Å². The van der Waals surface area contributed by atoms with Gasteiger partial charge in [-0.15, -0.1) is 0 Å². The quantitative estimate of drug-likeness (QED) is 0.756. The second kappa shape index (κ2) is 4.77. The molecule has 0 amide bonds. The van der Waals surface area contributed by atoms with Crippen molar-refractivity contribution in [3.8, 4) is 5.75 Å². The van der Waals surface area contributed by atoms with Gasteiger partial charge in [0.15, 0.2) is 0 Å². The molecule has 0 bridgehead atoms. The van der Waals surface area contributed by atoms with Gasteiger partial charge in [-0.25, -0.2) is 9.97 Å². The number of ether oxygens (including phenoxy) is 1. The highest BCUT2D eigenvalue weighted by atomic mass is 16.5. The van der Waals surface area contributed by atoms with Gasteiger partial charge in [0.05, 0.1) is 18.0 Å². The number of benzene rings is 1. The number of nitrogens with zero attached hydrogens (tertiary/aromatic N) is 2. The van der Waals surface area contributed by atoms with E-state index in [0.29, 0.717) is 0 Å². The third-order valence-electron chi connectivity index (χ3n) is 3.83. The second-order valence-corrected chi connectivity index (χ2v) is 5.31. The Labute approximate surface area is 122 Å². The van der Waals surface area contributed by atoms with Gasteiger partial charge in [-0.3, -0.25) is 0 Å². The van der Waals surface area contributed by atoms with Crippen molar-refractivity contribution < 1.29 is 4.74 Å². The molecule has 1 aromatic carbocycles. The molecule has 21 heavy (non-hydrogen) atoms. The molecule has 3 heterocycles. The first-order valence-corrected chi connectivity index (χ1v) is 7.10. The van der Waals surface area contributed by atoms with Crippen molar-refractivity contribution in [2.24, 2.45) is 0 Å². The van der Waals surface area contributed by atoms with Gasteiger partial charge < -0.3 is 15.0 Å². The fourth-order valence-electron chi connectivity index (χ4n) is 2.84. The Morgan fingerprint density at radius 2 is 2.19 bits per heavy atom. The summed E-state index contributed by atoms with van der Waals surface area (Å²) in [6.07, 6.45) is 2.51. The normalized spacial score (nSPS) is 17.3. The van der Waals surface area contributed by atoms with Gasteiger partial charge in [0.1, 0.15) is 23.5 Å². The van der Waals surface area contributed by atoms with E-state index >= 15 is 0 Å². The lowest BCUT2D eigenvalue weighted by molar-refractivity contribution is 0.274. The number of rotatable bonds is 2. The Hall–Kier alpha value is -2.56. The first kappa shape index (κ1) is 12.2. The number of anilines is 1. The molecule has 5 nitrogen and oxygen atoms in total. The Bertz CT molecular complexity index is 796. The van der Waals surface area contributed by atoms with Crippen LogP contribution >= 0.6 is 0 Å². The van der Waals surface area contributed by atoms with Crippen LogP contribution in [0.25, 0.3) is 11.0 Å². The highest BCUT2D eigenvalue weighted by Gasteiger charge is 2.22. The van der Waals surface area contributed by atoms with Crippen molar-refractivity contribution in [3.63, 3.8) is 0 Å². The molecule has 1 aliphatic rings. The first-order valence-electron chi connectivity index (χ1n) is 7.10. The van der Waals surface area contributed by atoms with E-state index in [1.165, 1.54) is 5.56 Å². The third-order valence-corrected chi connectivity index (χ3v) is 3.83. The van der Waals surface area contributed by atoms with E-state index in [2.05, 4.69) is 32.4 Å². The van der Waals surface area contributed by atoms with Crippen molar-refractivity contribution in [2.45, 2.75) is 19.4 Å². The molecule has 5 heteroatoms. The van der Waals surface area contributed by atoms with Crippen LogP contribution < -0.4 is 10.1 Å². The second-order valence-electron chi connectivity index (χ2n) is 5.31. The minimum Gasteiger partial charge on any atom is -0.493 e. The van der Waals surface area contributed by atoms with Gasteiger partial charge in [0, 0.05) is 17.7 Å². The van der Waals surface area contributed by atoms with Crippen LogP contribution in [0.1, 0.15) is 23.7 Å². The zero-order chi connectivity index (χ0) is 14.2. The average molecular weight is 280 g/mol. The summed E-state index contributed by atoms with van der Waals surface area (Å²) in [6.45, 7) is 2.74. The molecule has 4 rings (SSSR count). The van der Waals surface area contributed by atoms with Gasteiger partial charge in [-0.1, -0.05) is 18.2 Å². The number of aromatic amines is 1. The largest absolute Gasteiger partial charge is 0.493 e. The average Bonchev–Trinajstić information content (AvgIpc) is 2.89. The number of hydrogen-bond acceptors (Lipinski definition) is 4.